The van der Waals surface area contributed by atoms with Crippen LogP contribution in [0.15, 0.2) is 30.3 Å². The molecule has 112 valence electrons. The number of rotatable bonds is 5. The van der Waals surface area contributed by atoms with Crippen molar-refractivity contribution in [3.8, 4) is 0 Å². The molecule has 1 N–H and O–H groups in total. The lowest BCUT2D eigenvalue weighted by Gasteiger charge is -2.46. The minimum Gasteiger partial charge on any atom is -0.309 e. The van der Waals surface area contributed by atoms with Gasteiger partial charge in [-0.3, -0.25) is 4.90 Å². The highest BCUT2D eigenvalue weighted by Gasteiger charge is 2.34. The summed E-state index contributed by atoms with van der Waals surface area (Å²) >= 11 is 0. The third-order valence-electron chi connectivity index (χ3n) is 4.59. The molecule has 20 heavy (non-hydrogen) atoms. The fourth-order valence-electron chi connectivity index (χ4n) is 3.14. The average Bonchev–Trinajstić information content (AvgIpc) is 2.43. The molecule has 2 nitrogen and oxygen atoms in total. The van der Waals surface area contributed by atoms with Crippen LogP contribution in [-0.2, 0) is 6.54 Å². The zero-order valence-corrected chi connectivity index (χ0v) is 13.5. The SMILES string of the molecule is CCC1(C)CN(Cc2ccccc2)C(CC(C)C)CN1. The lowest BCUT2D eigenvalue weighted by molar-refractivity contribution is 0.0664. The maximum Gasteiger partial charge on any atom is 0.0278 e. The van der Waals surface area contributed by atoms with Gasteiger partial charge in [0.15, 0.2) is 0 Å². The minimum atomic E-state index is 0.266. The highest BCUT2D eigenvalue weighted by atomic mass is 15.2. The van der Waals surface area contributed by atoms with Gasteiger partial charge in [-0.15, -0.1) is 0 Å². The molecule has 1 aromatic carbocycles. The Morgan fingerprint density at radius 3 is 2.60 bits per heavy atom. The summed E-state index contributed by atoms with van der Waals surface area (Å²) < 4.78 is 0. The summed E-state index contributed by atoms with van der Waals surface area (Å²) in [5.41, 5.74) is 1.70. The van der Waals surface area contributed by atoms with Gasteiger partial charge >= 0.3 is 0 Å². The third kappa shape index (κ3) is 4.07. The molecule has 2 atom stereocenters. The van der Waals surface area contributed by atoms with Gasteiger partial charge in [0.2, 0.25) is 0 Å². The second-order valence-electron chi connectivity index (χ2n) is 6.97. The third-order valence-corrected chi connectivity index (χ3v) is 4.59. The topological polar surface area (TPSA) is 15.3 Å². The van der Waals surface area contributed by atoms with Crippen molar-refractivity contribution in [3.63, 3.8) is 0 Å². The Morgan fingerprint density at radius 1 is 1.30 bits per heavy atom. The summed E-state index contributed by atoms with van der Waals surface area (Å²) in [6, 6.07) is 11.6. The van der Waals surface area contributed by atoms with Gasteiger partial charge in [-0.25, -0.2) is 0 Å². The Morgan fingerprint density at radius 2 is 2.00 bits per heavy atom. The Bertz CT molecular complexity index is 401. The summed E-state index contributed by atoms with van der Waals surface area (Å²) in [6.45, 7) is 12.6. The van der Waals surface area contributed by atoms with Crippen LogP contribution in [0.25, 0.3) is 0 Å². The molecule has 0 bridgehead atoms. The lowest BCUT2D eigenvalue weighted by Crippen LogP contribution is -2.62. The second-order valence-corrected chi connectivity index (χ2v) is 6.97. The van der Waals surface area contributed by atoms with Crippen LogP contribution in [0, 0.1) is 5.92 Å². The van der Waals surface area contributed by atoms with Crippen molar-refractivity contribution >= 4 is 0 Å². The number of nitrogens with one attached hydrogen (secondary N) is 1. The standard InChI is InChI=1S/C18H30N2/c1-5-18(4)14-20(13-16-9-7-6-8-10-16)17(12-19-18)11-15(2)3/h6-10,15,17,19H,5,11-14H2,1-4H3. The number of nitrogens with zero attached hydrogens (tertiary/aromatic N) is 1. The second kappa shape index (κ2) is 6.73. The molecule has 1 fully saturated rings. The van der Waals surface area contributed by atoms with E-state index in [9.17, 15) is 0 Å². The van der Waals surface area contributed by atoms with Crippen LogP contribution in [0.1, 0.15) is 46.1 Å². The first-order valence-electron chi connectivity index (χ1n) is 8.05. The molecule has 2 heteroatoms. The predicted molar refractivity (Wildman–Crippen MR) is 86.8 cm³/mol. The van der Waals surface area contributed by atoms with E-state index in [1.165, 1.54) is 18.4 Å². The molecule has 0 aliphatic carbocycles. The van der Waals surface area contributed by atoms with Crippen LogP contribution in [0.3, 0.4) is 0 Å². The zero-order valence-electron chi connectivity index (χ0n) is 13.5. The monoisotopic (exact) mass is 274 g/mol. The summed E-state index contributed by atoms with van der Waals surface area (Å²) in [5.74, 6) is 0.756. The molecule has 1 aliphatic heterocycles. The summed E-state index contributed by atoms with van der Waals surface area (Å²) in [5, 5.41) is 3.77. The van der Waals surface area contributed by atoms with Crippen molar-refractivity contribution in [3.05, 3.63) is 35.9 Å². The molecule has 1 heterocycles. The number of hydrogen-bond donors (Lipinski definition) is 1. The molecular weight excluding hydrogens is 244 g/mol. The maximum atomic E-state index is 3.77. The van der Waals surface area contributed by atoms with E-state index in [-0.39, 0.29) is 5.54 Å². The van der Waals surface area contributed by atoms with E-state index in [1.807, 2.05) is 0 Å². The maximum absolute atomic E-state index is 3.77. The van der Waals surface area contributed by atoms with Gasteiger partial charge in [0.1, 0.15) is 0 Å². The first-order valence-corrected chi connectivity index (χ1v) is 8.05. The molecule has 1 aliphatic rings. The van der Waals surface area contributed by atoms with Gasteiger partial charge in [0.25, 0.3) is 0 Å². The highest BCUT2D eigenvalue weighted by molar-refractivity contribution is 5.15. The molecule has 2 unspecified atom stereocenters. The quantitative estimate of drug-likeness (QED) is 0.881. The van der Waals surface area contributed by atoms with Crippen molar-refractivity contribution < 1.29 is 0 Å². The zero-order chi connectivity index (χ0) is 14.6. The molecule has 2 rings (SSSR count). The molecule has 0 amide bonds. The fraction of sp³-hybridized carbons (Fsp3) is 0.667. The van der Waals surface area contributed by atoms with Crippen molar-refractivity contribution in [2.24, 2.45) is 5.92 Å². The molecule has 0 spiro atoms. The molecular formula is C18H30N2. The largest absolute Gasteiger partial charge is 0.309 e. The number of benzene rings is 1. The van der Waals surface area contributed by atoms with Crippen LogP contribution < -0.4 is 5.32 Å². The van der Waals surface area contributed by atoms with Crippen molar-refractivity contribution in [2.75, 3.05) is 13.1 Å². The van der Waals surface area contributed by atoms with Gasteiger partial charge in [-0.05, 0) is 31.2 Å². The number of piperazine rings is 1. The van der Waals surface area contributed by atoms with Crippen LogP contribution in [0.2, 0.25) is 0 Å². The number of hydrogen-bond acceptors (Lipinski definition) is 2. The van der Waals surface area contributed by atoms with Crippen molar-refractivity contribution in [2.45, 2.75) is 58.7 Å². The summed E-state index contributed by atoms with van der Waals surface area (Å²) in [4.78, 5) is 2.69. The fourth-order valence-corrected chi connectivity index (χ4v) is 3.14. The summed E-state index contributed by atoms with van der Waals surface area (Å²) in [7, 11) is 0. The van der Waals surface area contributed by atoms with Crippen LogP contribution in [-0.4, -0.2) is 29.6 Å². The normalized spacial score (nSPS) is 27.9. The predicted octanol–water partition coefficient (Wildman–Crippen LogP) is 3.68. The molecule has 0 saturated carbocycles. The smallest absolute Gasteiger partial charge is 0.0278 e. The van der Waals surface area contributed by atoms with Crippen molar-refractivity contribution in [1.82, 2.24) is 10.2 Å². The van der Waals surface area contributed by atoms with Gasteiger partial charge in [0.05, 0.1) is 0 Å². The van der Waals surface area contributed by atoms with E-state index < -0.39 is 0 Å². The van der Waals surface area contributed by atoms with Gasteiger partial charge < -0.3 is 5.32 Å². The van der Waals surface area contributed by atoms with Crippen molar-refractivity contribution in [1.29, 1.82) is 0 Å². The van der Waals surface area contributed by atoms with Gasteiger partial charge in [-0.1, -0.05) is 51.1 Å². The Hall–Kier alpha value is -0.860. The van der Waals surface area contributed by atoms with Crippen LogP contribution >= 0.6 is 0 Å². The first kappa shape index (κ1) is 15.5. The lowest BCUT2D eigenvalue weighted by atomic mass is 9.90. The van der Waals surface area contributed by atoms with Crippen LogP contribution in [0.4, 0.5) is 0 Å². The minimum absolute atomic E-state index is 0.266. The van der Waals surface area contributed by atoms with E-state index in [4.69, 9.17) is 0 Å². The van der Waals surface area contributed by atoms with Gasteiger partial charge in [0, 0.05) is 31.2 Å². The Kier molecular flexibility index (Phi) is 5.22. The highest BCUT2D eigenvalue weighted by Crippen LogP contribution is 2.24. The molecule has 0 aromatic heterocycles. The van der Waals surface area contributed by atoms with Crippen LogP contribution in [0.5, 0.6) is 0 Å². The van der Waals surface area contributed by atoms with E-state index in [0.29, 0.717) is 6.04 Å². The average molecular weight is 274 g/mol. The summed E-state index contributed by atoms with van der Waals surface area (Å²) in [6.07, 6.45) is 2.46. The first-order chi connectivity index (χ1) is 9.52. The Labute approximate surface area is 124 Å². The Balaban J connectivity index is 2.09. The van der Waals surface area contributed by atoms with Gasteiger partial charge in [-0.2, -0.15) is 0 Å². The van der Waals surface area contributed by atoms with E-state index in [1.54, 1.807) is 0 Å². The molecule has 1 saturated heterocycles. The van der Waals surface area contributed by atoms with E-state index in [2.05, 4.69) is 68.2 Å². The van der Waals surface area contributed by atoms with E-state index in [0.717, 1.165) is 25.6 Å². The van der Waals surface area contributed by atoms with E-state index >= 15 is 0 Å². The molecule has 0 radical (unpaired) electrons. The molecule has 1 aromatic rings.